The van der Waals surface area contributed by atoms with Crippen LogP contribution in [0.4, 0.5) is 0 Å². The Labute approximate surface area is 194 Å². The van der Waals surface area contributed by atoms with E-state index >= 15 is 0 Å². The Balaban J connectivity index is 1.45. The molecule has 0 atom stereocenters. The van der Waals surface area contributed by atoms with Gasteiger partial charge in [-0.05, 0) is 58.8 Å². The summed E-state index contributed by atoms with van der Waals surface area (Å²) in [4.78, 5) is 37.7. The summed E-state index contributed by atoms with van der Waals surface area (Å²) < 4.78 is 11.1. The average molecular weight is 499 g/mol. The predicted octanol–water partition coefficient (Wildman–Crippen LogP) is 3.54. The first kappa shape index (κ1) is 23.3. The van der Waals surface area contributed by atoms with Crippen molar-refractivity contribution in [1.82, 2.24) is 10.2 Å². The Morgan fingerprint density at radius 3 is 2.38 bits per heavy atom. The van der Waals surface area contributed by atoms with Crippen molar-refractivity contribution >= 4 is 44.5 Å². The topological polar surface area (TPSA) is 84.9 Å². The number of hydrogen-bond acceptors (Lipinski definition) is 5. The molecule has 1 N–H and O–H groups in total. The van der Waals surface area contributed by atoms with Gasteiger partial charge in [0.15, 0.2) is 6.61 Å². The van der Waals surface area contributed by atoms with E-state index in [4.69, 9.17) is 9.47 Å². The molecule has 0 unspecified atom stereocenters. The van der Waals surface area contributed by atoms with Crippen molar-refractivity contribution in [3.05, 3.63) is 76.3 Å². The van der Waals surface area contributed by atoms with Crippen LogP contribution in [0.25, 0.3) is 10.8 Å². The molecule has 0 radical (unpaired) electrons. The SMILES string of the molecule is COc1ccc2cc(CN(C)C(=O)COC(=O)CNC(=O)c3ccc(Br)cc3)ccc2c1. The molecule has 0 aliphatic carbocycles. The van der Waals surface area contributed by atoms with Gasteiger partial charge in [0.25, 0.3) is 11.8 Å². The molecule has 0 aliphatic rings. The minimum absolute atomic E-state index is 0.319. The van der Waals surface area contributed by atoms with Crippen LogP contribution >= 0.6 is 15.9 Å². The van der Waals surface area contributed by atoms with Crippen LogP contribution in [0, 0.1) is 0 Å². The number of rotatable bonds is 8. The summed E-state index contributed by atoms with van der Waals surface area (Å²) >= 11 is 3.29. The minimum Gasteiger partial charge on any atom is -0.497 e. The lowest BCUT2D eigenvalue weighted by molar-refractivity contribution is -0.150. The third kappa shape index (κ3) is 6.31. The first-order chi connectivity index (χ1) is 15.4. The molecule has 0 saturated heterocycles. The number of amides is 2. The molecule has 0 fully saturated rings. The van der Waals surface area contributed by atoms with E-state index in [0.717, 1.165) is 26.6 Å². The number of fused-ring (bicyclic) bond motifs is 1. The zero-order valence-electron chi connectivity index (χ0n) is 17.8. The van der Waals surface area contributed by atoms with Gasteiger partial charge in [-0.2, -0.15) is 0 Å². The summed E-state index contributed by atoms with van der Waals surface area (Å²) in [7, 11) is 3.27. The molecule has 3 aromatic carbocycles. The monoisotopic (exact) mass is 498 g/mol. The van der Waals surface area contributed by atoms with Crippen LogP contribution in [0.5, 0.6) is 5.75 Å². The highest BCUT2D eigenvalue weighted by Crippen LogP contribution is 2.22. The Kier molecular flexibility index (Phi) is 7.83. The Morgan fingerprint density at radius 1 is 0.969 bits per heavy atom. The lowest BCUT2D eigenvalue weighted by Gasteiger charge is -2.17. The molecule has 0 spiro atoms. The summed E-state index contributed by atoms with van der Waals surface area (Å²) in [5.74, 6) is -0.636. The van der Waals surface area contributed by atoms with E-state index in [0.29, 0.717) is 12.1 Å². The first-order valence-electron chi connectivity index (χ1n) is 9.86. The van der Waals surface area contributed by atoms with E-state index in [2.05, 4.69) is 21.2 Å². The van der Waals surface area contributed by atoms with Crippen LogP contribution < -0.4 is 10.1 Å². The van der Waals surface area contributed by atoms with Crippen molar-refractivity contribution in [2.75, 3.05) is 27.3 Å². The van der Waals surface area contributed by atoms with Crippen LogP contribution in [0.1, 0.15) is 15.9 Å². The Bertz CT molecular complexity index is 1130. The van der Waals surface area contributed by atoms with Crippen molar-refractivity contribution in [2.24, 2.45) is 0 Å². The molecule has 32 heavy (non-hydrogen) atoms. The molecular formula is C24H23BrN2O5. The Morgan fingerprint density at radius 2 is 1.66 bits per heavy atom. The number of likely N-dealkylation sites (N-methyl/N-ethyl adjacent to an activating group) is 1. The van der Waals surface area contributed by atoms with Gasteiger partial charge in [-0.15, -0.1) is 0 Å². The number of ether oxygens (including phenoxy) is 2. The lowest BCUT2D eigenvalue weighted by atomic mass is 10.1. The third-order valence-electron chi connectivity index (χ3n) is 4.81. The standard InChI is InChI=1S/C24H23BrN2O5/c1-27(14-16-3-4-19-12-21(31-2)10-7-18(19)11-16)22(28)15-32-23(29)13-26-24(30)17-5-8-20(25)9-6-17/h3-12H,13-15H2,1-2H3,(H,26,30). The van der Waals surface area contributed by atoms with Gasteiger partial charge in [0, 0.05) is 23.6 Å². The van der Waals surface area contributed by atoms with Gasteiger partial charge >= 0.3 is 5.97 Å². The maximum Gasteiger partial charge on any atom is 0.325 e. The van der Waals surface area contributed by atoms with Crippen LogP contribution in [0.3, 0.4) is 0 Å². The molecular weight excluding hydrogens is 476 g/mol. The van der Waals surface area contributed by atoms with Crippen LogP contribution in [-0.2, 0) is 20.9 Å². The van der Waals surface area contributed by atoms with E-state index in [1.807, 2.05) is 36.4 Å². The van der Waals surface area contributed by atoms with Crippen LogP contribution in [0.2, 0.25) is 0 Å². The Hall–Kier alpha value is -3.39. The fraction of sp³-hybridized carbons (Fsp3) is 0.208. The molecule has 0 heterocycles. The molecule has 3 aromatic rings. The van der Waals surface area contributed by atoms with Crippen molar-refractivity contribution in [1.29, 1.82) is 0 Å². The van der Waals surface area contributed by atoms with Crippen molar-refractivity contribution in [2.45, 2.75) is 6.54 Å². The summed E-state index contributed by atoms with van der Waals surface area (Å²) in [5, 5.41) is 4.56. The number of esters is 1. The number of carbonyl (C=O) groups is 3. The summed E-state index contributed by atoms with van der Waals surface area (Å²) in [5.41, 5.74) is 1.37. The van der Waals surface area contributed by atoms with E-state index in [1.54, 1.807) is 38.4 Å². The second kappa shape index (κ2) is 10.8. The smallest absolute Gasteiger partial charge is 0.325 e. The highest BCUT2D eigenvalue weighted by Gasteiger charge is 2.14. The number of carbonyl (C=O) groups excluding carboxylic acids is 3. The van der Waals surface area contributed by atoms with E-state index in [9.17, 15) is 14.4 Å². The second-order valence-corrected chi connectivity index (χ2v) is 8.06. The number of nitrogens with zero attached hydrogens (tertiary/aromatic N) is 1. The largest absolute Gasteiger partial charge is 0.497 e. The number of hydrogen-bond donors (Lipinski definition) is 1. The van der Waals surface area contributed by atoms with Crippen LogP contribution in [0.15, 0.2) is 65.1 Å². The number of methoxy groups -OCH3 is 1. The normalized spacial score (nSPS) is 10.5. The summed E-state index contributed by atoms with van der Waals surface area (Å²) in [6.07, 6.45) is 0. The van der Waals surface area contributed by atoms with E-state index < -0.39 is 18.5 Å². The van der Waals surface area contributed by atoms with Gasteiger partial charge in [-0.1, -0.05) is 34.1 Å². The second-order valence-electron chi connectivity index (χ2n) is 7.15. The average Bonchev–Trinajstić information content (AvgIpc) is 2.80. The number of nitrogens with one attached hydrogen (secondary N) is 1. The van der Waals surface area contributed by atoms with E-state index in [1.165, 1.54) is 4.90 Å². The van der Waals surface area contributed by atoms with E-state index in [-0.39, 0.29) is 12.5 Å². The van der Waals surface area contributed by atoms with Crippen molar-refractivity contribution in [3.63, 3.8) is 0 Å². The van der Waals surface area contributed by atoms with Crippen LogP contribution in [-0.4, -0.2) is 50.0 Å². The molecule has 2 amide bonds. The zero-order valence-corrected chi connectivity index (χ0v) is 19.3. The molecule has 7 nitrogen and oxygen atoms in total. The van der Waals surface area contributed by atoms with Gasteiger partial charge in [-0.25, -0.2) is 0 Å². The van der Waals surface area contributed by atoms with Crippen molar-refractivity contribution in [3.8, 4) is 5.75 Å². The molecule has 8 heteroatoms. The first-order valence-corrected chi connectivity index (χ1v) is 10.6. The van der Waals surface area contributed by atoms with Gasteiger partial charge in [0.1, 0.15) is 12.3 Å². The maximum atomic E-state index is 12.3. The molecule has 0 aromatic heterocycles. The molecule has 0 aliphatic heterocycles. The molecule has 166 valence electrons. The highest BCUT2D eigenvalue weighted by molar-refractivity contribution is 9.10. The maximum absolute atomic E-state index is 12.3. The fourth-order valence-electron chi connectivity index (χ4n) is 3.02. The highest BCUT2D eigenvalue weighted by atomic mass is 79.9. The molecule has 3 rings (SSSR count). The fourth-order valence-corrected chi connectivity index (χ4v) is 3.28. The van der Waals surface area contributed by atoms with Gasteiger partial charge < -0.3 is 19.7 Å². The lowest BCUT2D eigenvalue weighted by Crippen LogP contribution is -2.34. The molecule has 0 saturated carbocycles. The molecule has 0 bridgehead atoms. The predicted molar refractivity (Wildman–Crippen MR) is 124 cm³/mol. The minimum atomic E-state index is -0.683. The van der Waals surface area contributed by atoms with Gasteiger partial charge in [0.05, 0.1) is 7.11 Å². The zero-order chi connectivity index (χ0) is 23.1. The number of benzene rings is 3. The van der Waals surface area contributed by atoms with Gasteiger partial charge in [0.2, 0.25) is 0 Å². The van der Waals surface area contributed by atoms with Crippen molar-refractivity contribution < 1.29 is 23.9 Å². The summed E-state index contributed by atoms with van der Waals surface area (Å²) in [6, 6.07) is 18.4. The van der Waals surface area contributed by atoms with Gasteiger partial charge in [-0.3, -0.25) is 14.4 Å². The number of halogens is 1. The quantitative estimate of drug-likeness (QED) is 0.480. The summed E-state index contributed by atoms with van der Waals surface area (Å²) in [6.45, 7) is -0.340. The third-order valence-corrected chi connectivity index (χ3v) is 5.34.